The van der Waals surface area contributed by atoms with Gasteiger partial charge in [0.25, 0.3) is 0 Å². The molecule has 0 fully saturated rings. The first-order valence-electron chi connectivity index (χ1n) is 5.12. The maximum atomic E-state index is 11.2. The van der Waals surface area contributed by atoms with Gasteiger partial charge in [0.2, 0.25) is 10.0 Å². The molecule has 0 aromatic carbocycles. The summed E-state index contributed by atoms with van der Waals surface area (Å²) in [7, 11) is -7.19. The highest BCUT2D eigenvalue weighted by atomic mass is 32.3. The number of nitrogens with one attached hydrogen (secondary N) is 1. The minimum Gasteiger partial charge on any atom is -0.330 e. The van der Waals surface area contributed by atoms with E-state index in [0.29, 0.717) is 13.0 Å². The molecule has 0 aliphatic rings. The second-order valence-electron chi connectivity index (χ2n) is 3.76. The molecule has 6 nitrogen and oxygen atoms in total. The lowest BCUT2D eigenvalue weighted by molar-refractivity contribution is 0.573. The van der Waals surface area contributed by atoms with Crippen molar-refractivity contribution in [3.8, 4) is 0 Å². The van der Waals surface area contributed by atoms with Crippen molar-refractivity contribution in [2.75, 3.05) is 24.4 Å². The molecule has 0 aliphatic carbocycles. The molecule has 0 unspecified atom stereocenters. The first-order valence-corrected chi connectivity index (χ1v) is 8.83. The van der Waals surface area contributed by atoms with Crippen LogP contribution in [0.1, 0.15) is 25.7 Å². The zero-order chi connectivity index (χ0) is 12.7. The van der Waals surface area contributed by atoms with E-state index in [2.05, 4.69) is 4.72 Å². The number of hydrogen-bond acceptors (Lipinski definition) is 5. The molecule has 8 heteroatoms. The average Bonchev–Trinajstić information content (AvgIpc) is 2.06. The molecule has 0 rings (SSSR count). The second kappa shape index (κ2) is 7.21. The molecule has 0 heterocycles. The Morgan fingerprint density at radius 3 is 2.06 bits per heavy atom. The van der Waals surface area contributed by atoms with E-state index >= 15 is 0 Å². The van der Waals surface area contributed by atoms with Gasteiger partial charge in [-0.2, -0.15) is 0 Å². The molecule has 0 radical (unpaired) electrons. The molecule has 3 N–H and O–H groups in total. The number of sulfonamides is 1. The molecule has 0 atom stereocenters. The first-order chi connectivity index (χ1) is 7.27. The summed E-state index contributed by atoms with van der Waals surface area (Å²) in [6, 6.07) is 0. The van der Waals surface area contributed by atoms with Crippen molar-refractivity contribution in [1.29, 1.82) is 0 Å². The fourth-order valence-corrected chi connectivity index (χ4v) is 4.22. The Morgan fingerprint density at radius 1 is 1.00 bits per heavy atom. The molecule has 0 saturated heterocycles. The summed E-state index contributed by atoms with van der Waals surface area (Å²) in [6.45, 7) is 0.919. The average molecular weight is 272 g/mol. The smallest absolute Gasteiger partial charge is 0.226 e. The van der Waals surface area contributed by atoms with Crippen LogP contribution in [-0.4, -0.2) is 41.3 Å². The van der Waals surface area contributed by atoms with Crippen LogP contribution in [-0.2, 0) is 19.9 Å². The van der Waals surface area contributed by atoms with E-state index in [4.69, 9.17) is 5.73 Å². The van der Waals surface area contributed by atoms with Crippen LogP contribution in [0.3, 0.4) is 0 Å². The van der Waals surface area contributed by atoms with Gasteiger partial charge in [0.05, 0.1) is 0 Å². The number of unbranched alkanes of at least 4 members (excludes halogenated alkanes) is 3. The third kappa shape index (κ3) is 10.3. The molecule has 0 amide bonds. The number of nitrogens with two attached hydrogens (primary N) is 1. The lowest BCUT2D eigenvalue weighted by Gasteiger charge is -2.05. The summed E-state index contributed by atoms with van der Waals surface area (Å²) >= 11 is 0. The highest BCUT2D eigenvalue weighted by Gasteiger charge is 2.16. The summed E-state index contributed by atoms with van der Waals surface area (Å²) in [5, 5.41) is -0.844. The van der Waals surface area contributed by atoms with Gasteiger partial charge in [0.1, 0.15) is 0 Å². The fourth-order valence-electron chi connectivity index (χ4n) is 1.17. The van der Waals surface area contributed by atoms with Crippen molar-refractivity contribution in [2.45, 2.75) is 25.7 Å². The van der Waals surface area contributed by atoms with Crippen molar-refractivity contribution in [2.24, 2.45) is 5.73 Å². The van der Waals surface area contributed by atoms with Gasteiger partial charge in [0, 0.05) is 12.8 Å². The zero-order valence-corrected chi connectivity index (χ0v) is 11.1. The summed E-state index contributed by atoms with van der Waals surface area (Å²) in [6.07, 6.45) is 4.37. The molecule has 98 valence electrons. The first kappa shape index (κ1) is 15.8. The van der Waals surface area contributed by atoms with Crippen molar-refractivity contribution < 1.29 is 16.8 Å². The predicted octanol–water partition coefficient (Wildman–Crippen LogP) is -0.573. The quantitative estimate of drug-likeness (QED) is 0.547. The number of sulfone groups is 1. The Kier molecular flexibility index (Phi) is 7.12. The minimum absolute atomic E-state index is 0.280. The number of hydrogen-bond donors (Lipinski definition) is 2. The van der Waals surface area contributed by atoms with Crippen molar-refractivity contribution in [1.82, 2.24) is 4.72 Å². The Hall–Kier alpha value is -0.180. The highest BCUT2D eigenvalue weighted by Crippen LogP contribution is 1.98. The van der Waals surface area contributed by atoms with E-state index < -0.39 is 24.9 Å². The van der Waals surface area contributed by atoms with Gasteiger partial charge in [-0.25, -0.2) is 21.6 Å². The maximum absolute atomic E-state index is 11.2. The normalized spacial score (nSPS) is 12.9. The standard InChI is InChI=1S/C8H20N2O4S2/c1-15(11,12)8-16(13,14)10-7-5-3-2-4-6-9/h10H,2-9H2,1H3. The van der Waals surface area contributed by atoms with E-state index in [1.807, 2.05) is 0 Å². The fraction of sp³-hybridized carbons (Fsp3) is 1.00. The van der Waals surface area contributed by atoms with Crippen LogP contribution in [0.4, 0.5) is 0 Å². The van der Waals surface area contributed by atoms with Crippen molar-refractivity contribution in [3.05, 3.63) is 0 Å². The van der Waals surface area contributed by atoms with E-state index in [-0.39, 0.29) is 6.54 Å². The van der Waals surface area contributed by atoms with Crippen molar-refractivity contribution >= 4 is 19.9 Å². The summed E-state index contributed by atoms with van der Waals surface area (Å²) in [5.41, 5.74) is 5.30. The molecule has 0 saturated carbocycles. The van der Waals surface area contributed by atoms with Crippen LogP contribution < -0.4 is 10.5 Å². The molecule has 0 bridgehead atoms. The van der Waals surface area contributed by atoms with Gasteiger partial charge in [-0.3, -0.25) is 0 Å². The van der Waals surface area contributed by atoms with Crippen LogP contribution >= 0.6 is 0 Å². The third-order valence-corrected chi connectivity index (χ3v) is 5.42. The van der Waals surface area contributed by atoms with Crippen LogP contribution in [0, 0.1) is 0 Å². The molecule has 16 heavy (non-hydrogen) atoms. The SMILES string of the molecule is CS(=O)(=O)CS(=O)(=O)NCCCCCCN. The lowest BCUT2D eigenvalue weighted by atomic mass is 10.2. The van der Waals surface area contributed by atoms with E-state index in [1.165, 1.54) is 0 Å². The van der Waals surface area contributed by atoms with Crippen LogP contribution in [0.15, 0.2) is 0 Å². The molecular weight excluding hydrogens is 252 g/mol. The van der Waals surface area contributed by atoms with Gasteiger partial charge in [0.15, 0.2) is 14.9 Å². The van der Waals surface area contributed by atoms with Gasteiger partial charge < -0.3 is 5.73 Å². The summed E-state index contributed by atoms with van der Waals surface area (Å²) in [4.78, 5) is 0. The van der Waals surface area contributed by atoms with Crippen molar-refractivity contribution in [3.63, 3.8) is 0 Å². The molecule has 0 aromatic rings. The largest absolute Gasteiger partial charge is 0.330 e. The Morgan fingerprint density at radius 2 is 1.56 bits per heavy atom. The van der Waals surface area contributed by atoms with E-state index in [1.54, 1.807) is 0 Å². The van der Waals surface area contributed by atoms with Gasteiger partial charge in [-0.15, -0.1) is 0 Å². The number of rotatable bonds is 9. The molecular formula is C8H20N2O4S2. The van der Waals surface area contributed by atoms with Gasteiger partial charge in [-0.1, -0.05) is 12.8 Å². The zero-order valence-electron chi connectivity index (χ0n) is 9.48. The Balaban J connectivity index is 3.76. The molecule has 0 spiro atoms. The predicted molar refractivity (Wildman–Crippen MR) is 64.2 cm³/mol. The maximum Gasteiger partial charge on any atom is 0.226 e. The summed E-state index contributed by atoms with van der Waals surface area (Å²) < 4.78 is 46.3. The Labute approximate surface area is 97.6 Å². The van der Waals surface area contributed by atoms with Gasteiger partial charge >= 0.3 is 0 Å². The van der Waals surface area contributed by atoms with Crippen LogP contribution in [0.25, 0.3) is 0 Å². The summed E-state index contributed by atoms with van der Waals surface area (Å²) in [5.74, 6) is 0. The van der Waals surface area contributed by atoms with E-state index in [0.717, 1.165) is 25.5 Å². The monoisotopic (exact) mass is 272 g/mol. The highest BCUT2D eigenvalue weighted by molar-refractivity contribution is 8.06. The minimum atomic E-state index is -3.69. The Bertz CT molecular complexity index is 375. The molecule has 0 aromatic heterocycles. The van der Waals surface area contributed by atoms with Crippen LogP contribution in [0.2, 0.25) is 0 Å². The van der Waals surface area contributed by atoms with E-state index in [9.17, 15) is 16.8 Å². The van der Waals surface area contributed by atoms with Crippen LogP contribution in [0.5, 0.6) is 0 Å². The topological polar surface area (TPSA) is 106 Å². The lowest BCUT2D eigenvalue weighted by Crippen LogP contribution is -2.30. The molecule has 0 aliphatic heterocycles. The second-order valence-corrected chi connectivity index (χ2v) is 8.07. The van der Waals surface area contributed by atoms with Gasteiger partial charge in [-0.05, 0) is 19.4 Å². The third-order valence-electron chi connectivity index (χ3n) is 1.82.